The van der Waals surface area contributed by atoms with E-state index in [1.807, 2.05) is 26.0 Å². The van der Waals surface area contributed by atoms with Crippen molar-refractivity contribution in [3.63, 3.8) is 0 Å². The zero-order valence-corrected chi connectivity index (χ0v) is 13.5. The molecule has 0 aliphatic heterocycles. The standard InChI is InChI=1S/C18H22FN3O/c1-13-6-5-9-20-17(13)10-14(2)21-12-18(23)22-11-15-7-3-4-8-16(15)19/h3-9,14,21H,10-12H2,1-2H3,(H,22,23)/t14-/m0/s1. The summed E-state index contributed by atoms with van der Waals surface area (Å²) in [6.45, 7) is 4.43. The minimum absolute atomic E-state index is 0.128. The van der Waals surface area contributed by atoms with E-state index < -0.39 is 0 Å². The summed E-state index contributed by atoms with van der Waals surface area (Å²) in [5.74, 6) is -0.461. The minimum Gasteiger partial charge on any atom is -0.351 e. The van der Waals surface area contributed by atoms with Crippen LogP contribution >= 0.6 is 0 Å². The summed E-state index contributed by atoms with van der Waals surface area (Å²) in [6.07, 6.45) is 2.53. The maximum atomic E-state index is 13.5. The Kier molecular flexibility index (Phi) is 6.23. The molecular formula is C18H22FN3O. The quantitative estimate of drug-likeness (QED) is 0.825. The highest BCUT2D eigenvalue weighted by Gasteiger charge is 2.09. The fourth-order valence-electron chi connectivity index (χ4n) is 2.26. The lowest BCUT2D eigenvalue weighted by molar-refractivity contribution is -0.120. The maximum Gasteiger partial charge on any atom is 0.234 e. The predicted molar refractivity (Wildman–Crippen MR) is 88.4 cm³/mol. The van der Waals surface area contributed by atoms with Gasteiger partial charge in [-0.15, -0.1) is 0 Å². The largest absolute Gasteiger partial charge is 0.351 e. The van der Waals surface area contributed by atoms with Crippen molar-refractivity contribution >= 4 is 5.91 Å². The number of aromatic nitrogens is 1. The number of nitrogens with one attached hydrogen (secondary N) is 2. The number of halogens is 1. The Morgan fingerprint density at radius 2 is 2.04 bits per heavy atom. The molecule has 0 saturated carbocycles. The van der Waals surface area contributed by atoms with Crippen molar-refractivity contribution < 1.29 is 9.18 Å². The van der Waals surface area contributed by atoms with Gasteiger partial charge in [-0.25, -0.2) is 4.39 Å². The number of hydrogen-bond acceptors (Lipinski definition) is 3. The van der Waals surface area contributed by atoms with E-state index in [1.165, 1.54) is 6.07 Å². The van der Waals surface area contributed by atoms with Gasteiger partial charge in [0.15, 0.2) is 0 Å². The van der Waals surface area contributed by atoms with E-state index in [0.717, 1.165) is 17.7 Å². The van der Waals surface area contributed by atoms with Gasteiger partial charge in [-0.3, -0.25) is 9.78 Å². The average Bonchev–Trinajstić information content (AvgIpc) is 2.54. The number of benzene rings is 1. The first-order valence-electron chi connectivity index (χ1n) is 7.70. The van der Waals surface area contributed by atoms with E-state index in [4.69, 9.17) is 0 Å². The van der Waals surface area contributed by atoms with Crippen LogP contribution in [-0.2, 0) is 17.8 Å². The van der Waals surface area contributed by atoms with Gasteiger partial charge in [0.2, 0.25) is 5.91 Å². The molecule has 0 unspecified atom stereocenters. The van der Waals surface area contributed by atoms with Crippen LogP contribution in [0.25, 0.3) is 0 Å². The molecule has 0 aliphatic carbocycles. The first-order chi connectivity index (χ1) is 11.1. The molecule has 0 saturated heterocycles. The van der Waals surface area contributed by atoms with E-state index in [2.05, 4.69) is 15.6 Å². The summed E-state index contributed by atoms with van der Waals surface area (Å²) >= 11 is 0. The van der Waals surface area contributed by atoms with Crippen LogP contribution in [0.4, 0.5) is 4.39 Å². The molecule has 2 N–H and O–H groups in total. The van der Waals surface area contributed by atoms with E-state index in [0.29, 0.717) is 5.56 Å². The van der Waals surface area contributed by atoms with Gasteiger partial charge in [0.05, 0.1) is 6.54 Å². The smallest absolute Gasteiger partial charge is 0.234 e. The van der Waals surface area contributed by atoms with Gasteiger partial charge in [-0.2, -0.15) is 0 Å². The number of pyridine rings is 1. The fourth-order valence-corrected chi connectivity index (χ4v) is 2.26. The Morgan fingerprint density at radius 1 is 1.26 bits per heavy atom. The summed E-state index contributed by atoms with van der Waals surface area (Å²) < 4.78 is 13.5. The molecule has 2 rings (SSSR count). The second kappa shape index (κ2) is 8.39. The van der Waals surface area contributed by atoms with Gasteiger partial charge in [-0.05, 0) is 31.5 Å². The number of rotatable bonds is 7. The Bertz CT molecular complexity index is 660. The lowest BCUT2D eigenvalue weighted by Crippen LogP contribution is -2.38. The van der Waals surface area contributed by atoms with E-state index in [9.17, 15) is 9.18 Å². The molecule has 0 fully saturated rings. The Morgan fingerprint density at radius 3 is 2.78 bits per heavy atom. The molecule has 0 radical (unpaired) electrons. The highest BCUT2D eigenvalue weighted by molar-refractivity contribution is 5.78. The fraction of sp³-hybridized carbons (Fsp3) is 0.333. The number of nitrogens with zero attached hydrogens (tertiary/aromatic N) is 1. The molecule has 1 amide bonds. The molecular weight excluding hydrogens is 293 g/mol. The van der Waals surface area contributed by atoms with Gasteiger partial charge in [0.1, 0.15) is 5.82 Å². The second-order valence-corrected chi connectivity index (χ2v) is 5.62. The molecule has 122 valence electrons. The second-order valence-electron chi connectivity index (χ2n) is 5.62. The highest BCUT2D eigenvalue weighted by atomic mass is 19.1. The van der Waals surface area contributed by atoms with Gasteiger partial charge in [-0.1, -0.05) is 24.3 Å². The molecule has 4 nitrogen and oxygen atoms in total. The number of carbonyl (C=O) groups excluding carboxylic acids is 1. The van der Waals surface area contributed by atoms with Crippen molar-refractivity contribution in [2.24, 2.45) is 0 Å². The average molecular weight is 315 g/mol. The number of carbonyl (C=O) groups is 1. The maximum absolute atomic E-state index is 13.5. The molecule has 0 spiro atoms. The number of hydrogen-bond donors (Lipinski definition) is 2. The van der Waals surface area contributed by atoms with Crippen molar-refractivity contribution in [1.82, 2.24) is 15.6 Å². The topological polar surface area (TPSA) is 54.0 Å². The van der Waals surface area contributed by atoms with E-state index >= 15 is 0 Å². The van der Waals surface area contributed by atoms with Crippen LogP contribution in [0.2, 0.25) is 0 Å². The summed E-state index contributed by atoms with van der Waals surface area (Å²) in [7, 11) is 0. The molecule has 5 heteroatoms. The van der Waals surface area contributed by atoms with E-state index in [1.54, 1.807) is 24.4 Å². The zero-order valence-electron chi connectivity index (χ0n) is 13.5. The lowest BCUT2D eigenvalue weighted by Gasteiger charge is -2.14. The predicted octanol–water partition coefficient (Wildman–Crippen LogP) is 2.37. The molecule has 0 aliphatic rings. The molecule has 0 bridgehead atoms. The van der Waals surface area contributed by atoms with Crippen LogP contribution in [0.3, 0.4) is 0 Å². The normalized spacial score (nSPS) is 12.0. The van der Waals surface area contributed by atoms with Crippen LogP contribution in [-0.4, -0.2) is 23.5 Å². The van der Waals surface area contributed by atoms with Crippen molar-refractivity contribution in [3.05, 3.63) is 65.2 Å². The van der Waals surface area contributed by atoms with Crippen LogP contribution in [0.5, 0.6) is 0 Å². The summed E-state index contributed by atoms with van der Waals surface area (Å²) in [5, 5.41) is 5.88. The Hall–Kier alpha value is -2.27. The molecule has 1 heterocycles. The number of amides is 1. The van der Waals surface area contributed by atoms with Gasteiger partial charge < -0.3 is 10.6 Å². The molecule has 1 aromatic heterocycles. The van der Waals surface area contributed by atoms with Gasteiger partial charge >= 0.3 is 0 Å². The zero-order chi connectivity index (χ0) is 16.7. The van der Waals surface area contributed by atoms with Crippen molar-refractivity contribution in [3.8, 4) is 0 Å². The third kappa shape index (κ3) is 5.45. The minimum atomic E-state index is -0.306. The molecule has 1 aromatic carbocycles. The first kappa shape index (κ1) is 17.1. The summed E-state index contributed by atoms with van der Waals surface area (Å²) in [6, 6.07) is 10.5. The monoisotopic (exact) mass is 315 g/mol. The van der Waals surface area contributed by atoms with E-state index in [-0.39, 0.29) is 30.9 Å². The lowest BCUT2D eigenvalue weighted by atomic mass is 10.1. The third-order valence-electron chi connectivity index (χ3n) is 3.66. The Balaban J connectivity index is 1.74. The number of aryl methyl sites for hydroxylation is 1. The van der Waals surface area contributed by atoms with Gasteiger partial charge in [0.25, 0.3) is 0 Å². The SMILES string of the molecule is Cc1cccnc1C[C@H](C)NCC(=O)NCc1ccccc1F. The van der Waals surface area contributed by atoms with Crippen LogP contribution in [0.15, 0.2) is 42.6 Å². The van der Waals surface area contributed by atoms with Crippen molar-refractivity contribution in [2.75, 3.05) is 6.54 Å². The Labute approximate surface area is 136 Å². The molecule has 2 aromatic rings. The van der Waals surface area contributed by atoms with Crippen molar-refractivity contribution in [1.29, 1.82) is 0 Å². The van der Waals surface area contributed by atoms with Crippen molar-refractivity contribution in [2.45, 2.75) is 32.9 Å². The molecule has 23 heavy (non-hydrogen) atoms. The summed E-state index contributed by atoms with van der Waals surface area (Å²) in [4.78, 5) is 16.2. The molecule has 1 atom stereocenters. The highest BCUT2D eigenvalue weighted by Crippen LogP contribution is 2.06. The van der Waals surface area contributed by atoms with Crippen LogP contribution in [0, 0.1) is 12.7 Å². The van der Waals surface area contributed by atoms with Gasteiger partial charge in [0, 0.05) is 36.5 Å². The van der Waals surface area contributed by atoms with Crippen LogP contribution in [0.1, 0.15) is 23.7 Å². The third-order valence-corrected chi connectivity index (χ3v) is 3.66. The summed E-state index contributed by atoms with van der Waals surface area (Å²) in [5.41, 5.74) is 2.66. The van der Waals surface area contributed by atoms with Crippen LogP contribution < -0.4 is 10.6 Å². The first-order valence-corrected chi connectivity index (χ1v) is 7.70.